The average Bonchev–Trinajstić information content (AvgIpc) is 2.38. The highest BCUT2D eigenvalue weighted by atomic mass is 79.9. The first-order valence-electron chi connectivity index (χ1n) is 6.42. The molecular formula is C15H16BrNO3S. The number of rotatable bonds is 5. The number of anilines is 1. The fraction of sp³-hybridized carbons (Fsp3) is 0.200. The predicted molar refractivity (Wildman–Crippen MR) is 87.2 cm³/mol. The van der Waals surface area contributed by atoms with Crippen LogP contribution in [0.3, 0.4) is 0 Å². The number of halogens is 1. The molecule has 2 rings (SSSR count). The molecule has 0 atom stereocenters. The van der Waals surface area contributed by atoms with Crippen molar-refractivity contribution < 1.29 is 13.2 Å². The van der Waals surface area contributed by atoms with Crippen molar-refractivity contribution in [3.05, 3.63) is 53.0 Å². The van der Waals surface area contributed by atoms with Crippen molar-refractivity contribution in [1.82, 2.24) is 0 Å². The Hall–Kier alpha value is -1.53. The number of sulfonamides is 1. The Morgan fingerprint density at radius 2 is 1.76 bits per heavy atom. The second-order valence-corrected chi connectivity index (χ2v) is 7.35. The van der Waals surface area contributed by atoms with Crippen LogP contribution >= 0.6 is 15.9 Å². The quantitative estimate of drug-likeness (QED) is 0.864. The lowest BCUT2D eigenvalue weighted by atomic mass is 10.3. The van der Waals surface area contributed by atoms with Crippen LogP contribution < -0.4 is 9.46 Å². The minimum absolute atomic E-state index is 0.0309. The summed E-state index contributed by atoms with van der Waals surface area (Å²) in [5.74, 6) is 0.626. The van der Waals surface area contributed by atoms with E-state index in [1.807, 2.05) is 13.8 Å². The molecule has 112 valence electrons. The average molecular weight is 370 g/mol. The topological polar surface area (TPSA) is 55.4 Å². The van der Waals surface area contributed by atoms with Crippen molar-refractivity contribution >= 4 is 31.6 Å². The summed E-state index contributed by atoms with van der Waals surface area (Å²) in [4.78, 5) is 0.209. The maximum Gasteiger partial charge on any atom is 0.261 e. The highest BCUT2D eigenvalue weighted by molar-refractivity contribution is 9.10. The van der Waals surface area contributed by atoms with E-state index in [1.165, 1.54) is 0 Å². The maximum atomic E-state index is 12.3. The summed E-state index contributed by atoms with van der Waals surface area (Å²) in [5.41, 5.74) is 0.469. The molecular weight excluding hydrogens is 354 g/mol. The summed E-state index contributed by atoms with van der Waals surface area (Å²) in [6.45, 7) is 3.83. The van der Waals surface area contributed by atoms with Gasteiger partial charge in [0.2, 0.25) is 0 Å². The summed E-state index contributed by atoms with van der Waals surface area (Å²) in [6.07, 6.45) is 0.0309. The molecule has 0 radical (unpaired) electrons. The zero-order valence-electron chi connectivity index (χ0n) is 11.7. The van der Waals surface area contributed by atoms with Crippen LogP contribution in [-0.4, -0.2) is 14.5 Å². The fourth-order valence-electron chi connectivity index (χ4n) is 1.73. The molecule has 0 bridgehead atoms. The van der Waals surface area contributed by atoms with E-state index in [0.29, 0.717) is 11.4 Å². The van der Waals surface area contributed by atoms with Crippen molar-refractivity contribution in [2.75, 3.05) is 4.72 Å². The number of nitrogens with one attached hydrogen (secondary N) is 1. The Morgan fingerprint density at radius 1 is 1.10 bits per heavy atom. The van der Waals surface area contributed by atoms with Crippen molar-refractivity contribution in [1.29, 1.82) is 0 Å². The van der Waals surface area contributed by atoms with Crippen LogP contribution in [0.4, 0.5) is 5.69 Å². The number of benzene rings is 2. The molecule has 0 amide bonds. The molecule has 2 aromatic rings. The van der Waals surface area contributed by atoms with Crippen LogP contribution in [0.25, 0.3) is 0 Å². The summed E-state index contributed by atoms with van der Waals surface area (Å²) in [7, 11) is -3.60. The second kappa shape index (κ2) is 6.49. The number of hydrogen-bond acceptors (Lipinski definition) is 3. The Labute approximate surface area is 133 Å². The van der Waals surface area contributed by atoms with Crippen molar-refractivity contribution in [3.63, 3.8) is 0 Å². The van der Waals surface area contributed by atoms with Gasteiger partial charge in [-0.25, -0.2) is 8.42 Å². The second-order valence-electron chi connectivity index (χ2n) is 4.75. The molecule has 0 heterocycles. The lowest BCUT2D eigenvalue weighted by molar-refractivity contribution is 0.242. The summed E-state index contributed by atoms with van der Waals surface area (Å²) in [6, 6.07) is 13.3. The Bertz CT molecular complexity index is 712. The van der Waals surface area contributed by atoms with Gasteiger partial charge in [-0.15, -0.1) is 0 Å². The lowest BCUT2D eigenvalue weighted by Crippen LogP contribution is -2.13. The first kappa shape index (κ1) is 15.9. The van der Waals surface area contributed by atoms with Crippen molar-refractivity contribution in [2.45, 2.75) is 24.8 Å². The molecule has 6 heteroatoms. The van der Waals surface area contributed by atoms with E-state index < -0.39 is 10.0 Å². The molecule has 2 aromatic carbocycles. The molecule has 4 nitrogen and oxygen atoms in total. The van der Waals surface area contributed by atoms with Crippen molar-refractivity contribution in [3.8, 4) is 5.75 Å². The van der Waals surface area contributed by atoms with Gasteiger partial charge in [0.05, 0.1) is 16.7 Å². The smallest absolute Gasteiger partial charge is 0.261 e. The largest absolute Gasteiger partial charge is 0.491 e. The molecule has 0 saturated carbocycles. The standard InChI is InChI=1S/C15H16BrNO3S/c1-11(2)20-14-5-3-4-13(10-14)17-21(18,19)15-8-6-12(16)7-9-15/h3-11,17H,1-2H3. The van der Waals surface area contributed by atoms with Crippen LogP contribution in [-0.2, 0) is 10.0 Å². The number of ether oxygens (including phenoxy) is 1. The molecule has 21 heavy (non-hydrogen) atoms. The first-order chi connectivity index (χ1) is 9.87. The molecule has 0 aliphatic heterocycles. The summed E-state index contributed by atoms with van der Waals surface area (Å²) in [5, 5.41) is 0. The van der Waals surface area contributed by atoms with Crippen LogP contribution in [0.5, 0.6) is 5.75 Å². The minimum Gasteiger partial charge on any atom is -0.491 e. The van der Waals surface area contributed by atoms with Crippen LogP contribution in [0, 0.1) is 0 Å². The monoisotopic (exact) mass is 369 g/mol. The molecule has 0 unspecified atom stereocenters. The molecule has 0 aliphatic carbocycles. The first-order valence-corrected chi connectivity index (χ1v) is 8.69. The summed E-state index contributed by atoms with van der Waals surface area (Å²) < 4.78 is 33.5. The van der Waals surface area contributed by atoms with E-state index in [4.69, 9.17) is 4.74 Å². The van der Waals surface area contributed by atoms with Gasteiger partial charge in [-0.2, -0.15) is 0 Å². The lowest BCUT2D eigenvalue weighted by Gasteiger charge is -2.12. The molecule has 0 spiro atoms. The molecule has 0 saturated heterocycles. The Kier molecular flexibility index (Phi) is 4.90. The molecule has 0 aromatic heterocycles. The normalized spacial score (nSPS) is 11.4. The maximum absolute atomic E-state index is 12.3. The highest BCUT2D eigenvalue weighted by Crippen LogP contribution is 2.22. The van der Waals surface area contributed by atoms with E-state index >= 15 is 0 Å². The van der Waals surface area contributed by atoms with Gasteiger partial charge in [-0.1, -0.05) is 22.0 Å². The van der Waals surface area contributed by atoms with E-state index in [-0.39, 0.29) is 11.0 Å². The van der Waals surface area contributed by atoms with E-state index in [2.05, 4.69) is 20.7 Å². The fourth-order valence-corrected chi connectivity index (χ4v) is 3.05. The SMILES string of the molecule is CC(C)Oc1cccc(NS(=O)(=O)c2ccc(Br)cc2)c1. The third kappa shape index (κ3) is 4.47. The van der Waals surface area contributed by atoms with Gasteiger partial charge in [0.1, 0.15) is 5.75 Å². The third-order valence-electron chi connectivity index (χ3n) is 2.58. The van der Waals surface area contributed by atoms with Crippen LogP contribution in [0.15, 0.2) is 57.9 Å². The van der Waals surface area contributed by atoms with E-state index in [9.17, 15) is 8.42 Å². The Balaban J connectivity index is 2.22. The zero-order chi connectivity index (χ0) is 15.5. The molecule has 0 fully saturated rings. The van der Waals surface area contributed by atoms with Crippen LogP contribution in [0.2, 0.25) is 0 Å². The van der Waals surface area contributed by atoms with Gasteiger partial charge in [-0.05, 0) is 50.2 Å². The van der Waals surface area contributed by atoms with Gasteiger partial charge in [-0.3, -0.25) is 4.72 Å². The van der Waals surface area contributed by atoms with Gasteiger partial charge < -0.3 is 4.74 Å². The van der Waals surface area contributed by atoms with E-state index in [0.717, 1.165) is 4.47 Å². The van der Waals surface area contributed by atoms with Gasteiger partial charge in [0.25, 0.3) is 10.0 Å². The predicted octanol–water partition coefficient (Wildman–Crippen LogP) is 4.04. The highest BCUT2D eigenvalue weighted by Gasteiger charge is 2.14. The number of hydrogen-bond donors (Lipinski definition) is 1. The minimum atomic E-state index is -3.60. The van der Waals surface area contributed by atoms with Gasteiger partial charge in [0, 0.05) is 10.5 Å². The van der Waals surface area contributed by atoms with Gasteiger partial charge in [0.15, 0.2) is 0 Å². The molecule has 1 N–H and O–H groups in total. The van der Waals surface area contributed by atoms with Crippen molar-refractivity contribution in [2.24, 2.45) is 0 Å². The molecule has 0 aliphatic rings. The third-order valence-corrected chi connectivity index (χ3v) is 4.51. The Morgan fingerprint density at radius 3 is 2.38 bits per heavy atom. The van der Waals surface area contributed by atoms with Gasteiger partial charge >= 0.3 is 0 Å². The van der Waals surface area contributed by atoms with E-state index in [1.54, 1.807) is 48.5 Å². The zero-order valence-corrected chi connectivity index (χ0v) is 14.1. The summed E-state index contributed by atoms with van der Waals surface area (Å²) >= 11 is 3.28. The van der Waals surface area contributed by atoms with Crippen LogP contribution in [0.1, 0.15) is 13.8 Å².